The topological polar surface area (TPSA) is 29.0 Å². The van der Waals surface area contributed by atoms with E-state index in [1.807, 2.05) is 6.92 Å². The zero-order chi connectivity index (χ0) is 14.8. The summed E-state index contributed by atoms with van der Waals surface area (Å²) in [5.74, 6) is 1.88. The number of aryl methyl sites for hydroxylation is 1. The van der Waals surface area contributed by atoms with Crippen LogP contribution in [0.15, 0.2) is 16.8 Å². The molecule has 2 heterocycles. The first kappa shape index (κ1) is 14.8. The Kier molecular flexibility index (Phi) is 4.45. The second kappa shape index (κ2) is 6.32. The first-order valence-corrected chi connectivity index (χ1v) is 8.82. The van der Waals surface area contributed by atoms with Crippen molar-refractivity contribution in [3.63, 3.8) is 0 Å². The number of rotatable bonds is 6. The molecule has 1 aliphatic rings. The highest BCUT2D eigenvalue weighted by Crippen LogP contribution is 2.35. The molecular formula is C16H20ClN3S. The van der Waals surface area contributed by atoms with E-state index in [1.165, 1.54) is 18.4 Å². The van der Waals surface area contributed by atoms with Crippen LogP contribution < -0.4 is 4.90 Å². The first-order valence-electron chi connectivity index (χ1n) is 7.49. The van der Waals surface area contributed by atoms with Gasteiger partial charge in [-0.15, -0.1) is 0 Å². The van der Waals surface area contributed by atoms with Crippen molar-refractivity contribution < 1.29 is 0 Å². The van der Waals surface area contributed by atoms with E-state index in [1.54, 1.807) is 11.3 Å². The molecule has 0 bridgehead atoms. The van der Waals surface area contributed by atoms with Crippen LogP contribution in [-0.2, 0) is 13.0 Å². The van der Waals surface area contributed by atoms with Crippen molar-refractivity contribution >= 4 is 28.8 Å². The quantitative estimate of drug-likeness (QED) is 0.727. The first-order chi connectivity index (χ1) is 10.2. The minimum Gasteiger partial charge on any atom is -0.349 e. The zero-order valence-corrected chi connectivity index (χ0v) is 14.0. The van der Waals surface area contributed by atoms with E-state index in [-0.39, 0.29) is 0 Å². The lowest BCUT2D eigenvalue weighted by Gasteiger charge is -2.25. The van der Waals surface area contributed by atoms with E-state index in [4.69, 9.17) is 16.6 Å². The molecule has 3 rings (SSSR count). The van der Waals surface area contributed by atoms with Crippen molar-refractivity contribution in [1.29, 1.82) is 0 Å². The molecule has 0 radical (unpaired) electrons. The fourth-order valence-corrected chi connectivity index (χ4v) is 3.32. The summed E-state index contributed by atoms with van der Waals surface area (Å²) < 4.78 is 0. The molecule has 3 nitrogen and oxygen atoms in total. The van der Waals surface area contributed by atoms with Gasteiger partial charge in [0, 0.05) is 24.6 Å². The molecule has 0 unspecified atom stereocenters. The van der Waals surface area contributed by atoms with E-state index >= 15 is 0 Å². The van der Waals surface area contributed by atoms with Gasteiger partial charge in [0.1, 0.15) is 16.8 Å². The minimum atomic E-state index is 0.597. The Bertz CT molecular complexity index is 608. The highest BCUT2D eigenvalue weighted by Gasteiger charge is 2.31. The average molecular weight is 322 g/mol. The van der Waals surface area contributed by atoms with Crippen molar-refractivity contribution in [3.8, 4) is 0 Å². The standard InChI is InChI=1S/C16H20ClN3S/c1-3-4-14-18-15(17)11(2)16(19-14)20(13-5-6-13)9-12-7-8-21-10-12/h7-8,10,13H,3-6,9H2,1-2H3. The molecule has 0 N–H and O–H groups in total. The predicted octanol–water partition coefficient (Wildman–Crippen LogP) is 4.62. The van der Waals surface area contributed by atoms with Crippen LogP contribution in [0.4, 0.5) is 5.82 Å². The van der Waals surface area contributed by atoms with E-state index < -0.39 is 0 Å². The molecule has 0 amide bonds. The predicted molar refractivity (Wildman–Crippen MR) is 89.3 cm³/mol. The molecule has 1 saturated carbocycles. The van der Waals surface area contributed by atoms with Crippen LogP contribution in [0.2, 0.25) is 5.15 Å². The maximum absolute atomic E-state index is 6.33. The summed E-state index contributed by atoms with van der Waals surface area (Å²) >= 11 is 8.07. The van der Waals surface area contributed by atoms with Crippen molar-refractivity contribution in [3.05, 3.63) is 38.9 Å². The maximum Gasteiger partial charge on any atom is 0.137 e. The van der Waals surface area contributed by atoms with E-state index in [2.05, 4.69) is 33.6 Å². The summed E-state index contributed by atoms with van der Waals surface area (Å²) in [6.45, 7) is 5.07. The smallest absolute Gasteiger partial charge is 0.137 e. The Balaban J connectivity index is 1.94. The highest BCUT2D eigenvalue weighted by atomic mass is 35.5. The Hall–Kier alpha value is -1.13. The zero-order valence-electron chi connectivity index (χ0n) is 12.5. The van der Waals surface area contributed by atoms with Gasteiger partial charge in [-0.2, -0.15) is 11.3 Å². The third-order valence-electron chi connectivity index (χ3n) is 3.77. The molecule has 21 heavy (non-hydrogen) atoms. The third kappa shape index (κ3) is 3.38. The summed E-state index contributed by atoms with van der Waals surface area (Å²) in [6.07, 6.45) is 4.40. The van der Waals surface area contributed by atoms with Crippen LogP contribution in [0.3, 0.4) is 0 Å². The average Bonchev–Trinajstić information content (AvgIpc) is 3.18. The van der Waals surface area contributed by atoms with Crippen LogP contribution in [0.25, 0.3) is 0 Å². The summed E-state index contributed by atoms with van der Waals surface area (Å²) in [5.41, 5.74) is 2.34. The Labute approximate surface area is 135 Å². The van der Waals surface area contributed by atoms with E-state index in [0.29, 0.717) is 11.2 Å². The van der Waals surface area contributed by atoms with Gasteiger partial charge in [0.05, 0.1) is 0 Å². The Morgan fingerprint density at radius 1 is 1.38 bits per heavy atom. The number of aromatic nitrogens is 2. The molecule has 0 aromatic carbocycles. The normalized spacial score (nSPS) is 14.4. The van der Waals surface area contributed by atoms with Crippen molar-refractivity contribution in [2.45, 2.75) is 52.1 Å². The van der Waals surface area contributed by atoms with Crippen LogP contribution >= 0.6 is 22.9 Å². The molecule has 0 atom stereocenters. The number of nitrogens with zero attached hydrogens (tertiary/aromatic N) is 3. The van der Waals surface area contributed by atoms with Crippen LogP contribution in [0.5, 0.6) is 0 Å². The molecule has 2 aromatic heterocycles. The largest absolute Gasteiger partial charge is 0.349 e. The molecule has 2 aromatic rings. The van der Waals surface area contributed by atoms with Gasteiger partial charge in [-0.05, 0) is 48.6 Å². The second-order valence-corrected chi connectivity index (χ2v) is 6.76. The summed E-state index contributed by atoms with van der Waals surface area (Å²) in [4.78, 5) is 11.6. The van der Waals surface area contributed by atoms with Crippen molar-refractivity contribution in [2.75, 3.05) is 4.90 Å². The van der Waals surface area contributed by atoms with Gasteiger partial charge < -0.3 is 4.90 Å². The molecule has 0 aliphatic heterocycles. The van der Waals surface area contributed by atoms with Gasteiger partial charge in [0.2, 0.25) is 0 Å². The van der Waals surface area contributed by atoms with Gasteiger partial charge in [-0.25, -0.2) is 9.97 Å². The van der Waals surface area contributed by atoms with Gasteiger partial charge >= 0.3 is 0 Å². The fraction of sp³-hybridized carbons (Fsp3) is 0.500. The van der Waals surface area contributed by atoms with Gasteiger partial charge in [0.15, 0.2) is 0 Å². The van der Waals surface area contributed by atoms with Crippen LogP contribution in [0.1, 0.15) is 43.1 Å². The van der Waals surface area contributed by atoms with E-state index in [0.717, 1.165) is 36.6 Å². The lowest BCUT2D eigenvalue weighted by Crippen LogP contribution is -2.27. The third-order valence-corrected chi connectivity index (χ3v) is 4.87. The number of halogens is 1. The highest BCUT2D eigenvalue weighted by molar-refractivity contribution is 7.07. The lowest BCUT2D eigenvalue weighted by atomic mass is 10.2. The number of hydrogen-bond donors (Lipinski definition) is 0. The minimum absolute atomic E-state index is 0.597. The number of hydrogen-bond acceptors (Lipinski definition) is 4. The van der Waals surface area contributed by atoms with Gasteiger partial charge in [-0.3, -0.25) is 0 Å². The molecular weight excluding hydrogens is 302 g/mol. The fourth-order valence-electron chi connectivity index (χ4n) is 2.48. The van der Waals surface area contributed by atoms with Gasteiger partial charge in [0.25, 0.3) is 0 Å². The monoisotopic (exact) mass is 321 g/mol. The van der Waals surface area contributed by atoms with Crippen molar-refractivity contribution in [1.82, 2.24) is 9.97 Å². The van der Waals surface area contributed by atoms with Crippen molar-refractivity contribution in [2.24, 2.45) is 0 Å². The van der Waals surface area contributed by atoms with Crippen LogP contribution in [0, 0.1) is 6.92 Å². The second-order valence-electron chi connectivity index (χ2n) is 5.62. The summed E-state index contributed by atoms with van der Waals surface area (Å²) in [6, 6.07) is 2.79. The Morgan fingerprint density at radius 2 is 2.19 bits per heavy atom. The van der Waals surface area contributed by atoms with Gasteiger partial charge in [-0.1, -0.05) is 18.5 Å². The summed E-state index contributed by atoms with van der Waals surface area (Å²) in [5, 5.41) is 4.93. The molecule has 112 valence electrons. The number of thiophene rings is 1. The van der Waals surface area contributed by atoms with E-state index in [9.17, 15) is 0 Å². The summed E-state index contributed by atoms with van der Waals surface area (Å²) in [7, 11) is 0. The molecule has 5 heteroatoms. The number of anilines is 1. The van der Waals surface area contributed by atoms with Crippen LogP contribution in [-0.4, -0.2) is 16.0 Å². The Morgan fingerprint density at radius 3 is 2.81 bits per heavy atom. The molecule has 1 fully saturated rings. The SMILES string of the molecule is CCCc1nc(Cl)c(C)c(N(Cc2ccsc2)C2CC2)n1. The molecule has 1 aliphatic carbocycles. The maximum atomic E-state index is 6.33. The molecule has 0 spiro atoms. The lowest BCUT2D eigenvalue weighted by molar-refractivity contribution is 0.752. The molecule has 0 saturated heterocycles.